The van der Waals surface area contributed by atoms with Crippen LogP contribution in [-0.2, 0) is 14.3 Å². The maximum absolute atomic E-state index is 11.3. The van der Waals surface area contributed by atoms with Crippen LogP contribution >= 0.6 is 0 Å². The first-order valence-corrected chi connectivity index (χ1v) is 4.82. The Kier molecular flexibility index (Phi) is 6.19. The summed E-state index contributed by atoms with van der Waals surface area (Å²) in [4.78, 5) is 23.5. The number of rotatable bonds is 5. The number of esters is 1. The second-order valence-electron chi connectivity index (χ2n) is 3.66. The zero-order valence-electron chi connectivity index (χ0n) is 9.45. The molecule has 0 bridgehead atoms. The van der Waals surface area contributed by atoms with E-state index in [4.69, 9.17) is 11.2 Å². The zero-order valence-corrected chi connectivity index (χ0v) is 9.45. The van der Waals surface area contributed by atoms with E-state index in [0.29, 0.717) is 6.61 Å². The molecule has 0 N–H and O–H groups in total. The van der Waals surface area contributed by atoms with Crippen LogP contribution in [0.5, 0.6) is 0 Å². The predicted molar refractivity (Wildman–Crippen MR) is 56.9 cm³/mol. The second kappa shape index (κ2) is 6.88. The predicted octanol–water partition coefficient (Wildman–Crippen LogP) is 0.667. The van der Waals surface area contributed by atoms with Crippen molar-refractivity contribution in [2.24, 2.45) is 5.92 Å². The molecule has 0 radical (unpaired) electrons. The number of amides is 1. The molecule has 1 amide bonds. The summed E-state index contributed by atoms with van der Waals surface area (Å²) in [5, 5.41) is 0. The van der Waals surface area contributed by atoms with Crippen molar-refractivity contribution in [1.82, 2.24) is 4.90 Å². The summed E-state index contributed by atoms with van der Waals surface area (Å²) >= 11 is 0. The highest BCUT2D eigenvalue weighted by Gasteiger charge is 2.13. The fraction of sp³-hybridized carbons (Fsp3) is 0.636. The topological polar surface area (TPSA) is 46.6 Å². The minimum Gasteiger partial charge on any atom is -0.464 e. The van der Waals surface area contributed by atoms with Gasteiger partial charge in [-0.25, -0.2) is 0 Å². The summed E-state index contributed by atoms with van der Waals surface area (Å²) in [6, 6.07) is 0. The summed E-state index contributed by atoms with van der Waals surface area (Å²) in [5.74, 6) is 1.95. The molecule has 0 aromatic carbocycles. The molecule has 4 heteroatoms. The number of ether oxygens (including phenoxy) is 1. The van der Waals surface area contributed by atoms with Crippen LogP contribution in [0, 0.1) is 18.3 Å². The molecule has 0 heterocycles. The van der Waals surface area contributed by atoms with E-state index >= 15 is 0 Å². The molecule has 0 aromatic rings. The Morgan fingerprint density at radius 3 is 2.47 bits per heavy atom. The first-order chi connectivity index (χ1) is 6.97. The van der Waals surface area contributed by atoms with Crippen molar-refractivity contribution < 1.29 is 14.3 Å². The highest BCUT2D eigenvalue weighted by Crippen LogP contribution is 1.95. The van der Waals surface area contributed by atoms with Crippen LogP contribution in [0.15, 0.2) is 0 Å². The van der Waals surface area contributed by atoms with Crippen molar-refractivity contribution in [2.45, 2.75) is 20.8 Å². The molecule has 0 aliphatic carbocycles. The fourth-order valence-corrected chi connectivity index (χ4v) is 0.850. The van der Waals surface area contributed by atoms with Crippen LogP contribution in [0.2, 0.25) is 0 Å². The average molecular weight is 211 g/mol. The van der Waals surface area contributed by atoms with Gasteiger partial charge in [-0.1, -0.05) is 19.8 Å². The molecule has 0 atom stereocenters. The SMILES string of the molecule is C#CCN(CC(=O)OCC(C)C)C(C)=O. The van der Waals surface area contributed by atoms with Crippen molar-refractivity contribution in [3.63, 3.8) is 0 Å². The maximum Gasteiger partial charge on any atom is 0.325 e. The van der Waals surface area contributed by atoms with Gasteiger partial charge in [-0.15, -0.1) is 6.42 Å². The van der Waals surface area contributed by atoms with Gasteiger partial charge in [0.05, 0.1) is 13.2 Å². The smallest absolute Gasteiger partial charge is 0.325 e. The standard InChI is InChI=1S/C11H17NO3/c1-5-6-12(10(4)13)7-11(14)15-8-9(2)3/h1,9H,6-8H2,2-4H3. The van der Waals surface area contributed by atoms with Gasteiger partial charge in [-0.05, 0) is 5.92 Å². The van der Waals surface area contributed by atoms with Gasteiger partial charge in [0, 0.05) is 6.92 Å². The van der Waals surface area contributed by atoms with E-state index in [-0.39, 0.29) is 24.9 Å². The van der Waals surface area contributed by atoms with Crippen LogP contribution in [-0.4, -0.2) is 36.5 Å². The van der Waals surface area contributed by atoms with Gasteiger partial charge in [0.25, 0.3) is 0 Å². The van der Waals surface area contributed by atoms with E-state index in [1.54, 1.807) is 0 Å². The number of terminal acetylenes is 1. The molecule has 0 aliphatic rings. The lowest BCUT2D eigenvalue weighted by atomic mass is 10.2. The molecule has 4 nitrogen and oxygen atoms in total. The summed E-state index contributed by atoms with van der Waals surface area (Å²) in [7, 11) is 0. The molecular formula is C11H17NO3. The number of carbonyl (C=O) groups excluding carboxylic acids is 2. The normalized spacial score (nSPS) is 9.53. The molecule has 0 fully saturated rings. The average Bonchev–Trinajstić information content (AvgIpc) is 2.14. The first kappa shape index (κ1) is 13.5. The second-order valence-corrected chi connectivity index (χ2v) is 3.66. The van der Waals surface area contributed by atoms with Crippen molar-refractivity contribution >= 4 is 11.9 Å². The minimum absolute atomic E-state index is 0.0771. The highest BCUT2D eigenvalue weighted by molar-refractivity contribution is 5.80. The molecule has 0 spiro atoms. The number of hydrogen-bond donors (Lipinski definition) is 0. The van der Waals surface area contributed by atoms with Crippen molar-refractivity contribution in [3.8, 4) is 12.3 Å². The molecule has 15 heavy (non-hydrogen) atoms. The van der Waals surface area contributed by atoms with Crippen molar-refractivity contribution in [2.75, 3.05) is 19.7 Å². The van der Waals surface area contributed by atoms with Crippen LogP contribution in [0.3, 0.4) is 0 Å². The van der Waals surface area contributed by atoms with E-state index < -0.39 is 5.97 Å². The van der Waals surface area contributed by atoms with Crippen molar-refractivity contribution in [3.05, 3.63) is 0 Å². The van der Waals surface area contributed by atoms with E-state index in [1.807, 2.05) is 13.8 Å². The molecule has 0 saturated carbocycles. The molecule has 0 saturated heterocycles. The molecule has 84 valence electrons. The third kappa shape index (κ3) is 6.55. The molecular weight excluding hydrogens is 194 g/mol. The zero-order chi connectivity index (χ0) is 11.8. The van der Waals surface area contributed by atoms with Crippen molar-refractivity contribution in [1.29, 1.82) is 0 Å². The first-order valence-electron chi connectivity index (χ1n) is 4.82. The number of nitrogens with zero attached hydrogens (tertiary/aromatic N) is 1. The molecule has 0 unspecified atom stereocenters. The fourth-order valence-electron chi connectivity index (χ4n) is 0.850. The van der Waals surface area contributed by atoms with E-state index in [0.717, 1.165) is 0 Å². The maximum atomic E-state index is 11.3. The molecule has 0 aliphatic heterocycles. The Morgan fingerprint density at radius 2 is 2.07 bits per heavy atom. The Morgan fingerprint density at radius 1 is 1.47 bits per heavy atom. The summed E-state index contributed by atoms with van der Waals surface area (Å²) in [6.45, 7) is 5.67. The summed E-state index contributed by atoms with van der Waals surface area (Å²) < 4.78 is 4.93. The number of hydrogen-bond acceptors (Lipinski definition) is 3. The minimum atomic E-state index is -0.422. The summed E-state index contributed by atoms with van der Waals surface area (Å²) in [6.07, 6.45) is 5.07. The Labute approximate surface area is 90.6 Å². The van der Waals surface area contributed by atoms with Gasteiger partial charge >= 0.3 is 5.97 Å². The van der Waals surface area contributed by atoms with E-state index in [2.05, 4.69) is 5.92 Å². The Bertz CT molecular complexity index is 265. The molecule has 0 rings (SSSR count). The van der Waals surface area contributed by atoms with Gasteiger partial charge in [-0.2, -0.15) is 0 Å². The lowest BCUT2D eigenvalue weighted by Crippen LogP contribution is -2.35. The summed E-state index contributed by atoms with van der Waals surface area (Å²) in [5.41, 5.74) is 0. The quantitative estimate of drug-likeness (QED) is 0.496. The third-order valence-electron chi connectivity index (χ3n) is 1.63. The van der Waals surface area contributed by atoms with Crippen LogP contribution in [0.25, 0.3) is 0 Å². The van der Waals surface area contributed by atoms with Gasteiger partial charge in [0.2, 0.25) is 5.91 Å². The lowest BCUT2D eigenvalue weighted by Gasteiger charge is -2.17. The third-order valence-corrected chi connectivity index (χ3v) is 1.63. The van der Waals surface area contributed by atoms with E-state index in [1.165, 1.54) is 11.8 Å². The van der Waals surface area contributed by atoms with Gasteiger partial charge in [-0.3, -0.25) is 9.59 Å². The van der Waals surface area contributed by atoms with Crippen LogP contribution < -0.4 is 0 Å². The lowest BCUT2D eigenvalue weighted by molar-refractivity contribution is -0.149. The van der Waals surface area contributed by atoms with Crippen LogP contribution in [0.4, 0.5) is 0 Å². The largest absolute Gasteiger partial charge is 0.464 e. The number of carbonyl (C=O) groups is 2. The highest BCUT2D eigenvalue weighted by atomic mass is 16.5. The Hall–Kier alpha value is -1.50. The van der Waals surface area contributed by atoms with Gasteiger partial charge < -0.3 is 9.64 Å². The van der Waals surface area contributed by atoms with Gasteiger partial charge in [0.1, 0.15) is 6.54 Å². The van der Waals surface area contributed by atoms with E-state index in [9.17, 15) is 9.59 Å². The monoisotopic (exact) mass is 211 g/mol. The van der Waals surface area contributed by atoms with Crippen LogP contribution in [0.1, 0.15) is 20.8 Å². The molecule has 0 aromatic heterocycles. The Balaban J connectivity index is 4.01. The van der Waals surface area contributed by atoms with Gasteiger partial charge in [0.15, 0.2) is 0 Å².